The molecule has 0 radical (unpaired) electrons. The van der Waals surface area contributed by atoms with E-state index in [9.17, 15) is 4.79 Å². The van der Waals surface area contributed by atoms with Crippen molar-refractivity contribution in [3.8, 4) is 11.1 Å². The van der Waals surface area contributed by atoms with Crippen molar-refractivity contribution in [2.24, 2.45) is 0 Å². The number of hydrogen-bond donors (Lipinski definition) is 1. The summed E-state index contributed by atoms with van der Waals surface area (Å²) in [7, 11) is 0. The second kappa shape index (κ2) is 4.71. The van der Waals surface area contributed by atoms with Crippen LogP contribution in [0, 0.1) is 6.92 Å². The van der Waals surface area contributed by atoms with Gasteiger partial charge in [-0.2, -0.15) is 5.10 Å². The normalized spacial score (nSPS) is 10.5. The second-order valence-corrected chi connectivity index (χ2v) is 4.64. The first-order valence-corrected chi connectivity index (χ1v) is 5.86. The summed E-state index contributed by atoms with van der Waals surface area (Å²) in [5.74, 6) is -0.898. The third-order valence-corrected chi connectivity index (χ3v) is 3.29. The average molecular weight is 295 g/mol. The highest BCUT2D eigenvalue weighted by Crippen LogP contribution is 2.25. The fourth-order valence-electron chi connectivity index (χ4n) is 1.51. The summed E-state index contributed by atoms with van der Waals surface area (Å²) in [6.07, 6.45) is 3.39. The lowest BCUT2D eigenvalue weighted by molar-refractivity contribution is -0.137. The van der Waals surface area contributed by atoms with Gasteiger partial charge >= 0.3 is 5.97 Å². The van der Waals surface area contributed by atoms with Crippen LogP contribution in [0.4, 0.5) is 0 Å². The second-order valence-electron chi connectivity index (χ2n) is 3.78. The monoisotopic (exact) mass is 294 g/mol. The molecule has 0 aliphatic rings. The summed E-state index contributed by atoms with van der Waals surface area (Å²) >= 11 is 3.47. The molecule has 0 aliphatic carbocycles. The maximum atomic E-state index is 10.5. The van der Waals surface area contributed by atoms with Gasteiger partial charge in [0.05, 0.1) is 6.20 Å². The molecule has 0 spiro atoms. The van der Waals surface area contributed by atoms with Crippen molar-refractivity contribution < 1.29 is 9.90 Å². The number of carbonyl (C=O) groups is 1. The first kappa shape index (κ1) is 11.9. The molecule has 0 atom stereocenters. The third kappa shape index (κ3) is 2.74. The number of aryl methyl sites for hydroxylation is 1. The van der Waals surface area contributed by atoms with Crippen molar-refractivity contribution >= 4 is 21.9 Å². The van der Waals surface area contributed by atoms with E-state index >= 15 is 0 Å². The van der Waals surface area contributed by atoms with Crippen LogP contribution in [0.2, 0.25) is 0 Å². The van der Waals surface area contributed by atoms with E-state index in [1.54, 1.807) is 12.4 Å². The van der Waals surface area contributed by atoms with Crippen LogP contribution in [-0.2, 0) is 11.3 Å². The van der Waals surface area contributed by atoms with Crippen molar-refractivity contribution in [1.82, 2.24) is 9.78 Å². The first-order valence-electron chi connectivity index (χ1n) is 5.07. The molecule has 0 bridgehead atoms. The summed E-state index contributed by atoms with van der Waals surface area (Å²) in [4.78, 5) is 10.5. The molecule has 2 rings (SSSR count). The van der Waals surface area contributed by atoms with Crippen LogP contribution in [0.15, 0.2) is 35.1 Å². The van der Waals surface area contributed by atoms with Crippen LogP contribution >= 0.6 is 15.9 Å². The van der Waals surface area contributed by atoms with Crippen LogP contribution in [0.3, 0.4) is 0 Å². The average Bonchev–Trinajstić information content (AvgIpc) is 2.69. The van der Waals surface area contributed by atoms with E-state index in [0.29, 0.717) is 0 Å². The zero-order valence-corrected chi connectivity index (χ0v) is 10.8. The van der Waals surface area contributed by atoms with Crippen molar-refractivity contribution in [3.05, 3.63) is 40.6 Å². The van der Waals surface area contributed by atoms with Gasteiger partial charge in [-0.25, -0.2) is 0 Å². The maximum absolute atomic E-state index is 10.5. The summed E-state index contributed by atoms with van der Waals surface area (Å²) in [6.45, 7) is 1.90. The number of aliphatic carboxylic acids is 1. The number of benzene rings is 1. The fourth-order valence-corrected chi connectivity index (χ4v) is 1.89. The Hall–Kier alpha value is -1.62. The van der Waals surface area contributed by atoms with Gasteiger partial charge in [0, 0.05) is 16.2 Å². The predicted molar refractivity (Wildman–Crippen MR) is 67.7 cm³/mol. The Bertz CT molecular complexity index is 563. The summed E-state index contributed by atoms with van der Waals surface area (Å²) < 4.78 is 2.44. The molecular formula is C12H11BrN2O2. The van der Waals surface area contributed by atoms with Crippen LogP contribution in [0.1, 0.15) is 5.56 Å². The number of halogens is 1. The van der Waals surface area contributed by atoms with E-state index in [4.69, 9.17) is 5.11 Å². The van der Waals surface area contributed by atoms with Crippen molar-refractivity contribution in [1.29, 1.82) is 0 Å². The molecule has 17 heavy (non-hydrogen) atoms. The highest BCUT2D eigenvalue weighted by molar-refractivity contribution is 9.10. The Kier molecular flexibility index (Phi) is 3.28. The van der Waals surface area contributed by atoms with E-state index in [0.717, 1.165) is 21.2 Å². The molecule has 0 amide bonds. The van der Waals surface area contributed by atoms with Crippen LogP contribution in [-0.4, -0.2) is 20.9 Å². The smallest absolute Gasteiger partial charge is 0.325 e. The number of aromatic nitrogens is 2. The van der Waals surface area contributed by atoms with Gasteiger partial charge < -0.3 is 5.11 Å². The molecule has 0 saturated carbocycles. The van der Waals surface area contributed by atoms with Gasteiger partial charge in [-0.3, -0.25) is 9.48 Å². The number of rotatable bonds is 3. The minimum Gasteiger partial charge on any atom is -0.480 e. The predicted octanol–water partition coefficient (Wildman–Crippen LogP) is 2.71. The van der Waals surface area contributed by atoms with Crippen LogP contribution in [0.25, 0.3) is 11.1 Å². The molecule has 0 aliphatic heterocycles. The Morgan fingerprint density at radius 3 is 2.88 bits per heavy atom. The molecule has 1 N–H and O–H groups in total. The number of hydrogen-bond acceptors (Lipinski definition) is 2. The van der Waals surface area contributed by atoms with Gasteiger partial charge in [-0.1, -0.05) is 28.1 Å². The Morgan fingerprint density at radius 1 is 1.47 bits per heavy atom. The minimum atomic E-state index is -0.898. The Balaban J connectivity index is 2.30. The fraction of sp³-hybridized carbons (Fsp3) is 0.167. The van der Waals surface area contributed by atoms with Gasteiger partial charge in [-0.15, -0.1) is 0 Å². The summed E-state index contributed by atoms with van der Waals surface area (Å²) in [6, 6.07) is 5.99. The van der Waals surface area contributed by atoms with Crippen LogP contribution in [0.5, 0.6) is 0 Å². The van der Waals surface area contributed by atoms with E-state index in [1.165, 1.54) is 4.68 Å². The minimum absolute atomic E-state index is 0.118. The lowest BCUT2D eigenvalue weighted by Crippen LogP contribution is -2.08. The van der Waals surface area contributed by atoms with Gasteiger partial charge in [0.15, 0.2) is 0 Å². The highest BCUT2D eigenvalue weighted by Gasteiger charge is 2.05. The quantitative estimate of drug-likeness (QED) is 0.947. The van der Waals surface area contributed by atoms with Gasteiger partial charge in [-0.05, 0) is 24.1 Å². The van der Waals surface area contributed by atoms with Gasteiger partial charge in [0.2, 0.25) is 0 Å². The maximum Gasteiger partial charge on any atom is 0.325 e. The number of nitrogens with zero attached hydrogens (tertiary/aromatic N) is 2. The Morgan fingerprint density at radius 2 is 2.24 bits per heavy atom. The van der Waals surface area contributed by atoms with Crippen molar-refractivity contribution in [3.63, 3.8) is 0 Å². The molecule has 4 nitrogen and oxygen atoms in total. The molecule has 1 aromatic carbocycles. The van der Waals surface area contributed by atoms with E-state index in [1.807, 2.05) is 25.1 Å². The SMILES string of the molecule is Cc1ccc(-c2cnn(CC(=O)O)c2)cc1Br. The molecule has 0 fully saturated rings. The van der Waals surface area contributed by atoms with Gasteiger partial charge in [0.25, 0.3) is 0 Å². The van der Waals surface area contributed by atoms with Gasteiger partial charge in [0.1, 0.15) is 6.54 Å². The first-order chi connectivity index (χ1) is 8.06. The summed E-state index contributed by atoms with van der Waals surface area (Å²) in [5, 5.41) is 12.7. The molecule has 0 unspecified atom stereocenters. The van der Waals surface area contributed by atoms with Crippen molar-refractivity contribution in [2.45, 2.75) is 13.5 Å². The standard InChI is InChI=1S/C12H11BrN2O2/c1-8-2-3-9(4-11(8)13)10-5-14-15(6-10)7-12(16)17/h2-6H,7H2,1H3,(H,16,17). The number of carboxylic acid groups (broad SMARTS) is 1. The Labute approximate surface area is 107 Å². The topological polar surface area (TPSA) is 55.1 Å². The lowest BCUT2D eigenvalue weighted by atomic mass is 10.1. The zero-order valence-electron chi connectivity index (χ0n) is 9.22. The molecule has 0 saturated heterocycles. The highest BCUT2D eigenvalue weighted by atomic mass is 79.9. The largest absolute Gasteiger partial charge is 0.480 e. The van der Waals surface area contributed by atoms with Crippen molar-refractivity contribution in [2.75, 3.05) is 0 Å². The molecule has 5 heteroatoms. The summed E-state index contributed by atoms with van der Waals surface area (Å²) in [5.41, 5.74) is 3.08. The third-order valence-electron chi connectivity index (χ3n) is 2.44. The van der Waals surface area contributed by atoms with E-state index < -0.39 is 5.97 Å². The molecule has 88 valence electrons. The lowest BCUT2D eigenvalue weighted by Gasteiger charge is -2.01. The molecule has 2 aromatic rings. The van der Waals surface area contributed by atoms with Crippen LogP contribution < -0.4 is 0 Å². The molecule has 1 aromatic heterocycles. The number of carboxylic acids is 1. The van der Waals surface area contributed by atoms with E-state index in [2.05, 4.69) is 21.0 Å². The molecular weight excluding hydrogens is 284 g/mol. The zero-order chi connectivity index (χ0) is 12.4. The van der Waals surface area contributed by atoms with E-state index in [-0.39, 0.29) is 6.54 Å². The molecule has 1 heterocycles.